The summed E-state index contributed by atoms with van der Waals surface area (Å²) in [6, 6.07) is 0. The second kappa shape index (κ2) is 5.16. The van der Waals surface area contributed by atoms with E-state index in [9.17, 15) is 0 Å². The highest BCUT2D eigenvalue weighted by molar-refractivity contribution is 4.83. The molecular formula is C13H26O. The third kappa shape index (κ3) is 2.50. The average Bonchev–Trinajstić information content (AvgIpc) is 2.18. The van der Waals surface area contributed by atoms with Crippen molar-refractivity contribution in [3.8, 4) is 0 Å². The van der Waals surface area contributed by atoms with Gasteiger partial charge in [-0.05, 0) is 31.1 Å². The Balaban J connectivity index is 2.52. The van der Waals surface area contributed by atoms with Gasteiger partial charge in [0.2, 0.25) is 0 Å². The largest absolute Gasteiger partial charge is 0.375 e. The monoisotopic (exact) mass is 198 g/mol. The summed E-state index contributed by atoms with van der Waals surface area (Å²) in [5, 5.41) is 0. The highest BCUT2D eigenvalue weighted by atomic mass is 16.5. The van der Waals surface area contributed by atoms with E-state index in [2.05, 4.69) is 34.6 Å². The van der Waals surface area contributed by atoms with Gasteiger partial charge in [0.25, 0.3) is 0 Å². The van der Waals surface area contributed by atoms with Crippen LogP contribution < -0.4 is 0 Å². The van der Waals surface area contributed by atoms with Crippen molar-refractivity contribution in [2.45, 2.75) is 66.1 Å². The van der Waals surface area contributed by atoms with Gasteiger partial charge in [0.15, 0.2) is 0 Å². The summed E-state index contributed by atoms with van der Waals surface area (Å²) in [5.74, 6) is 2.25. The molecule has 0 spiro atoms. The van der Waals surface area contributed by atoms with Gasteiger partial charge in [-0.15, -0.1) is 0 Å². The van der Waals surface area contributed by atoms with Crippen molar-refractivity contribution < 1.29 is 4.74 Å². The summed E-state index contributed by atoms with van der Waals surface area (Å²) in [6.45, 7) is 11.5. The second-order valence-corrected chi connectivity index (χ2v) is 5.10. The lowest BCUT2D eigenvalue weighted by Crippen LogP contribution is -2.43. The fraction of sp³-hybridized carbons (Fsp3) is 1.00. The third-order valence-corrected chi connectivity index (χ3v) is 4.22. The molecule has 1 heterocycles. The van der Waals surface area contributed by atoms with Crippen molar-refractivity contribution in [1.82, 2.24) is 0 Å². The molecule has 0 aliphatic carbocycles. The van der Waals surface area contributed by atoms with Gasteiger partial charge in [-0.2, -0.15) is 0 Å². The molecule has 1 unspecified atom stereocenters. The van der Waals surface area contributed by atoms with Crippen LogP contribution in [0.25, 0.3) is 0 Å². The zero-order chi connectivity index (χ0) is 10.7. The SMILES string of the molecule is CCCCC1O[C@H](C)[C@@H](C)[C@H](C)[C@H]1C. The molecule has 1 aliphatic rings. The summed E-state index contributed by atoms with van der Waals surface area (Å²) in [6.07, 6.45) is 4.80. The van der Waals surface area contributed by atoms with Crippen LogP contribution in [-0.4, -0.2) is 12.2 Å². The third-order valence-electron chi connectivity index (χ3n) is 4.22. The molecule has 0 aromatic carbocycles. The molecule has 0 radical (unpaired) electrons. The molecule has 0 bridgehead atoms. The zero-order valence-corrected chi connectivity index (χ0v) is 10.4. The van der Waals surface area contributed by atoms with Crippen LogP contribution in [0.1, 0.15) is 53.9 Å². The van der Waals surface area contributed by atoms with Gasteiger partial charge < -0.3 is 4.74 Å². The van der Waals surface area contributed by atoms with Gasteiger partial charge in [0.05, 0.1) is 12.2 Å². The predicted molar refractivity (Wildman–Crippen MR) is 61.4 cm³/mol. The molecule has 14 heavy (non-hydrogen) atoms. The molecule has 1 nitrogen and oxygen atoms in total. The van der Waals surface area contributed by atoms with E-state index >= 15 is 0 Å². The minimum absolute atomic E-state index is 0.447. The first kappa shape index (κ1) is 12.0. The number of rotatable bonds is 3. The fourth-order valence-corrected chi connectivity index (χ4v) is 2.50. The van der Waals surface area contributed by atoms with Crippen LogP contribution in [0.15, 0.2) is 0 Å². The molecule has 0 N–H and O–H groups in total. The van der Waals surface area contributed by atoms with E-state index in [4.69, 9.17) is 4.74 Å². The molecule has 0 amide bonds. The van der Waals surface area contributed by atoms with Crippen molar-refractivity contribution in [3.05, 3.63) is 0 Å². The van der Waals surface area contributed by atoms with Crippen molar-refractivity contribution >= 4 is 0 Å². The Kier molecular flexibility index (Phi) is 4.43. The van der Waals surface area contributed by atoms with Crippen LogP contribution >= 0.6 is 0 Å². The summed E-state index contributed by atoms with van der Waals surface area (Å²) in [7, 11) is 0. The first-order valence-electron chi connectivity index (χ1n) is 6.23. The van der Waals surface area contributed by atoms with Crippen molar-refractivity contribution in [2.75, 3.05) is 0 Å². The Labute approximate surface area is 89.2 Å². The lowest BCUT2D eigenvalue weighted by atomic mass is 9.76. The molecule has 1 rings (SSSR count). The zero-order valence-electron chi connectivity index (χ0n) is 10.4. The molecule has 1 aliphatic heterocycles. The van der Waals surface area contributed by atoms with E-state index in [1.54, 1.807) is 0 Å². The van der Waals surface area contributed by atoms with Gasteiger partial charge in [-0.25, -0.2) is 0 Å². The Bertz CT molecular complexity index is 167. The van der Waals surface area contributed by atoms with Crippen LogP contribution in [0.5, 0.6) is 0 Å². The van der Waals surface area contributed by atoms with Gasteiger partial charge in [0, 0.05) is 0 Å². The molecule has 5 atom stereocenters. The molecule has 0 aromatic rings. The average molecular weight is 198 g/mol. The van der Waals surface area contributed by atoms with E-state index in [0.717, 1.165) is 11.8 Å². The highest BCUT2D eigenvalue weighted by Crippen LogP contribution is 2.36. The van der Waals surface area contributed by atoms with Gasteiger partial charge >= 0.3 is 0 Å². The quantitative estimate of drug-likeness (QED) is 0.669. The van der Waals surface area contributed by atoms with Crippen molar-refractivity contribution in [1.29, 1.82) is 0 Å². The first-order valence-corrected chi connectivity index (χ1v) is 6.23. The smallest absolute Gasteiger partial charge is 0.0607 e. The maximum Gasteiger partial charge on any atom is 0.0607 e. The number of hydrogen-bond donors (Lipinski definition) is 0. The van der Waals surface area contributed by atoms with E-state index in [1.807, 2.05) is 0 Å². The van der Waals surface area contributed by atoms with E-state index in [0.29, 0.717) is 18.1 Å². The van der Waals surface area contributed by atoms with E-state index in [1.165, 1.54) is 19.3 Å². The highest BCUT2D eigenvalue weighted by Gasteiger charge is 2.36. The maximum atomic E-state index is 6.08. The minimum atomic E-state index is 0.447. The molecule has 84 valence electrons. The van der Waals surface area contributed by atoms with Crippen LogP contribution in [0, 0.1) is 17.8 Å². The predicted octanol–water partition coefficient (Wildman–Crippen LogP) is 3.87. The first-order chi connectivity index (χ1) is 6.57. The molecular weight excluding hydrogens is 172 g/mol. The van der Waals surface area contributed by atoms with Gasteiger partial charge in [-0.1, -0.05) is 40.5 Å². The molecule has 1 saturated heterocycles. The maximum absolute atomic E-state index is 6.08. The summed E-state index contributed by atoms with van der Waals surface area (Å²) < 4.78 is 6.08. The molecule has 0 saturated carbocycles. The second-order valence-electron chi connectivity index (χ2n) is 5.10. The Morgan fingerprint density at radius 1 is 0.929 bits per heavy atom. The summed E-state index contributed by atoms with van der Waals surface area (Å²) in [5.41, 5.74) is 0. The normalized spacial score (nSPS) is 43.9. The number of unbranched alkanes of at least 4 members (excludes halogenated alkanes) is 1. The standard InChI is InChI=1S/C13H26O/c1-6-7-8-13-11(4)9(2)10(3)12(5)14-13/h9-13H,6-8H2,1-5H3/t9-,10-,11+,12+,13?/m0/s1. The van der Waals surface area contributed by atoms with E-state index < -0.39 is 0 Å². The van der Waals surface area contributed by atoms with Crippen molar-refractivity contribution in [2.24, 2.45) is 17.8 Å². The van der Waals surface area contributed by atoms with Crippen LogP contribution in [-0.2, 0) is 4.74 Å². The number of hydrogen-bond acceptors (Lipinski definition) is 1. The summed E-state index contributed by atoms with van der Waals surface area (Å²) >= 11 is 0. The Morgan fingerprint density at radius 3 is 2.14 bits per heavy atom. The lowest BCUT2D eigenvalue weighted by molar-refractivity contribution is -0.127. The van der Waals surface area contributed by atoms with E-state index in [-0.39, 0.29) is 0 Å². The molecule has 1 fully saturated rings. The summed E-state index contributed by atoms with van der Waals surface area (Å²) in [4.78, 5) is 0. The van der Waals surface area contributed by atoms with Crippen LogP contribution in [0.2, 0.25) is 0 Å². The Morgan fingerprint density at radius 2 is 1.57 bits per heavy atom. The number of ether oxygens (including phenoxy) is 1. The minimum Gasteiger partial charge on any atom is -0.375 e. The lowest BCUT2D eigenvalue weighted by Gasteiger charge is -2.42. The van der Waals surface area contributed by atoms with Crippen LogP contribution in [0.4, 0.5) is 0 Å². The molecule has 0 aromatic heterocycles. The fourth-order valence-electron chi connectivity index (χ4n) is 2.50. The van der Waals surface area contributed by atoms with Gasteiger partial charge in [0.1, 0.15) is 0 Å². The van der Waals surface area contributed by atoms with Crippen molar-refractivity contribution in [3.63, 3.8) is 0 Å². The van der Waals surface area contributed by atoms with Crippen LogP contribution in [0.3, 0.4) is 0 Å². The topological polar surface area (TPSA) is 9.23 Å². The van der Waals surface area contributed by atoms with Gasteiger partial charge in [-0.3, -0.25) is 0 Å². The Hall–Kier alpha value is -0.0400. The molecule has 1 heteroatoms.